The summed E-state index contributed by atoms with van der Waals surface area (Å²) >= 11 is 0. The second kappa shape index (κ2) is 7.41. The van der Waals surface area contributed by atoms with Gasteiger partial charge in [-0.2, -0.15) is 5.10 Å². The molecule has 1 fully saturated rings. The van der Waals surface area contributed by atoms with Crippen LogP contribution in [0.2, 0.25) is 0 Å². The Morgan fingerprint density at radius 1 is 1.35 bits per heavy atom. The van der Waals surface area contributed by atoms with Gasteiger partial charge in [0.2, 0.25) is 0 Å². The van der Waals surface area contributed by atoms with Gasteiger partial charge in [-0.3, -0.25) is 9.59 Å². The van der Waals surface area contributed by atoms with Crippen LogP contribution in [0, 0.1) is 11.3 Å². The summed E-state index contributed by atoms with van der Waals surface area (Å²) in [6, 6.07) is 0. The van der Waals surface area contributed by atoms with E-state index >= 15 is 0 Å². The molecule has 1 atom stereocenters. The molecule has 4 nitrogen and oxygen atoms in total. The van der Waals surface area contributed by atoms with Crippen LogP contribution >= 0.6 is 0 Å². The normalized spacial score (nSPS) is 26.6. The molecule has 1 heterocycles. The number of carbonyl (C=O) groups excluding carboxylic acids is 2. The van der Waals surface area contributed by atoms with Crippen LogP contribution in [0.5, 0.6) is 0 Å². The fourth-order valence-electron chi connectivity index (χ4n) is 3.75. The van der Waals surface area contributed by atoms with E-state index in [-0.39, 0.29) is 18.2 Å². The third-order valence-corrected chi connectivity index (χ3v) is 5.60. The lowest BCUT2D eigenvalue weighted by Gasteiger charge is -2.35. The quantitative estimate of drug-likeness (QED) is 0.692. The molecule has 1 saturated carbocycles. The van der Waals surface area contributed by atoms with Gasteiger partial charge in [0.15, 0.2) is 5.78 Å². The smallest absolute Gasteiger partial charge is 0.255 e. The average molecular weight is 318 g/mol. The van der Waals surface area contributed by atoms with Crippen molar-refractivity contribution in [2.24, 2.45) is 16.4 Å². The Labute approximate surface area is 140 Å². The summed E-state index contributed by atoms with van der Waals surface area (Å²) in [6.45, 7) is 7.95. The van der Waals surface area contributed by atoms with E-state index in [1.807, 2.05) is 26.8 Å². The van der Waals surface area contributed by atoms with Crippen molar-refractivity contribution in [2.45, 2.75) is 72.6 Å². The maximum Gasteiger partial charge on any atom is 0.255 e. The lowest BCUT2D eigenvalue weighted by molar-refractivity contribution is -0.140. The number of ketones is 1. The molecule has 0 bridgehead atoms. The SMILES string of the molecule is CCC/C=C(\C)C(=O)CN1N=C(C)C(C)(C2CCCCC2)C1=O. The molecule has 1 unspecified atom stereocenters. The Bertz CT molecular complexity index is 529. The average Bonchev–Trinajstić information content (AvgIpc) is 2.78. The van der Waals surface area contributed by atoms with Crippen molar-refractivity contribution in [1.29, 1.82) is 0 Å². The Morgan fingerprint density at radius 2 is 2.00 bits per heavy atom. The molecule has 0 spiro atoms. The Morgan fingerprint density at radius 3 is 2.61 bits per heavy atom. The van der Waals surface area contributed by atoms with Crippen molar-refractivity contribution in [2.75, 3.05) is 6.54 Å². The predicted octanol–water partition coefficient (Wildman–Crippen LogP) is 4.11. The molecule has 0 saturated heterocycles. The third-order valence-electron chi connectivity index (χ3n) is 5.60. The Kier molecular flexibility index (Phi) is 5.77. The van der Waals surface area contributed by atoms with Gasteiger partial charge in [0.05, 0.1) is 11.1 Å². The van der Waals surface area contributed by atoms with E-state index in [0.717, 1.165) is 37.0 Å². The minimum atomic E-state index is -0.512. The number of allylic oxidation sites excluding steroid dienone is 1. The molecule has 0 aromatic carbocycles. The lowest BCUT2D eigenvalue weighted by Crippen LogP contribution is -2.44. The van der Waals surface area contributed by atoms with E-state index in [2.05, 4.69) is 12.0 Å². The molecule has 0 N–H and O–H groups in total. The molecular formula is C19H30N2O2. The molecule has 2 aliphatic rings. The first kappa shape index (κ1) is 17.9. The highest BCUT2D eigenvalue weighted by atomic mass is 16.2. The zero-order valence-electron chi connectivity index (χ0n) is 15.0. The van der Waals surface area contributed by atoms with E-state index in [4.69, 9.17) is 0 Å². The molecule has 1 aliphatic heterocycles. The summed E-state index contributed by atoms with van der Waals surface area (Å²) < 4.78 is 0. The number of amides is 1. The molecule has 0 aromatic heterocycles. The van der Waals surface area contributed by atoms with Gasteiger partial charge in [0.1, 0.15) is 6.54 Å². The van der Waals surface area contributed by atoms with Crippen molar-refractivity contribution in [3.63, 3.8) is 0 Å². The predicted molar refractivity (Wildman–Crippen MR) is 93.2 cm³/mol. The molecule has 2 rings (SSSR count). The van der Waals surface area contributed by atoms with Gasteiger partial charge in [-0.15, -0.1) is 0 Å². The summed E-state index contributed by atoms with van der Waals surface area (Å²) in [5, 5.41) is 5.87. The zero-order valence-corrected chi connectivity index (χ0v) is 15.0. The van der Waals surface area contributed by atoms with Gasteiger partial charge in [-0.1, -0.05) is 38.7 Å². The van der Waals surface area contributed by atoms with E-state index < -0.39 is 5.41 Å². The van der Waals surface area contributed by atoms with Gasteiger partial charge >= 0.3 is 0 Å². The van der Waals surface area contributed by atoms with Crippen molar-refractivity contribution in [3.8, 4) is 0 Å². The number of Topliss-reactive ketones (excluding diaryl/α,β-unsaturated/α-hetero) is 1. The van der Waals surface area contributed by atoms with Gasteiger partial charge in [-0.25, -0.2) is 5.01 Å². The first-order chi connectivity index (χ1) is 10.9. The van der Waals surface area contributed by atoms with E-state index in [1.165, 1.54) is 24.3 Å². The molecule has 0 aromatic rings. The fourth-order valence-corrected chi connectivity index (χ4v) is 3.75. The van der Waals surface area contributed by atoms with Crippen LogP contribution in [0.15, 0.2) is 16.8 Å². The third kappa shape index (κ3) is 3.56. The van der Waals surface area contributed by atoms with E-state index in [1.54, 1.807) is 0 Å². The minimum absolute atomic E-state index is 0.00348. The fraction of sp³-hybridized carbons (Fsp3) is 0.737. The van der Waals surface area contributed by atoms with Crippen LogP contribution in [0.4, 0.5) is 0 Å². The van der Waals surface area contributed by atoms with E-state index in [0.29, 0.717) is 5.92 Å². The molecule has 23 heavy (non-hydrogen) atoms. The molecule has 4 heteroatoms. The first-order valence-electron chi connectivity index (χ1n) is 8.98. The largest absolute Gasteiger partial charge is 0.292 e. The summed E-state index contributed by atoms with van der Waals surface area (Å²) in [7, 11) is 0. The standard InChI is InChI=1S/C19H30N2O2/c1-5-6-10-14(2)17(22)13-21-18(23)19(4,15(3)20-21)16-11-8-7-9-12-16/h10,16H,5-9,11-13H2,1-4H3/b14-10+. The van der Waals surface area contributed by atoms with Crippen molar-refractivity contribution in [1.82, 2.24) is 5.01 Å². The number of nitrogens with zero attached hydrogens (tertiary/aromatic N) is 2. The molecular weight excluding hydrogens is 288 g/mol. The highest BCUT2D eigenvalue weighted by molar-refractivity contribution is 6.12. The van der Waals surface area contributed by atoms with Gasteiger partial charge in [0, 0.05) is 0 Å². The van der Waals surface area contributed by atoms with Gasteiger partial charge in [-0.05, 0) is 51.5 Å². The first-order valence-corrected chi connectivity index (χ1v) is 8.98. The van der Waals surface area contributed by atoms with Gasteiger partial charge in [0.25, 0.3) is 5.91 Å². The minimum Gasteiger partial charge on any atom is -0.292 e. The lowest BCUT2D eigenvalue weighted by atomic mass is 9.67. The number of rotatable bonds is 6. The molecule has 0 radical (unpaired) electrons. The summed E-state index contributed by atoms with van der Waals surface area (Å²) in [4.78, 5) is 25.3. The monoisotopic (exact) mass is 318 g/mol. The highest BCUT2D eigenvalue weighted by Crippen LogP contribution is 2.43. The second-order valence-corrected chi connectivity index (χ2v) is 7.18. The highest BCUT2D eigenvalue weighted by Gasteiger charge is 2.50. The van der Waals surface area contributed by atoms with Crippen molar-refractivity contribution in [3.05, 3.63) is 11.6 Å². The van der Waals surface area contributed by atoms with Crippen LogP contribution in [-0.4, -0.2) is 29.0 Å². The maximum absolute atomic E-state index is 12.9. The number of hydrogen-bond acceptors (Lipinski definition) is 3. The van der Waals surface area contributed by atoms with Crippen LogP contribution in [0.1, 0.15) is 72.6 Å². The molecule has 1 aliphatic carbocycles. The maximum atomic E-state index is 12.9. The van der Waals surface area contributed by atoms with Crippen LogP contribution in [-0.2, 0) is 9.59 Å². The number of hydrogen-bond donors (Lipinski definition) is 0. The Hall–Kier alpha value is -1.45. The van der Waals surface area contributed by atoms with E-state index in [9.17, 15) is 9.59 Å². The topological polar surface area (TPSA) is 49.7 Å². The zero-order chi connectivity index (χ0) is 17.0. The molecule has 128 valence electrons. The van der Waals surface area contributed by atoms with Crippen molar-refractivity contribution >= 4 is 17.4 Å². The summed E-state index contributed by atoms with van der Waals surface area (Å²) in [5.74, 6) is 0.374. The summed E-state index contributed by atoms with van der Waals surface area (Å²) in [5.41, 5.74) is 1.10. The molecule has 1 amide bonds. The van der Waals surface area contributed by atoms with Gasteiger partial charge < -0.3 is 0 Å². The van der Waals surface area contributed by atoms with Crippen LogP contribution in [0.25, 0.3) is 0 Å². The summed E-state index contributed by atoms with van der Waals surface area (Å²) in [6.07, 6.45) is 9.70. The number of carbonyl (C=O) groups is 2. The van der Waals surface area contributed by atoms with Crippen LogP contribution < -0.4 is 0 Å². The van der Waals surface area contributed by atoms with Crippen LogP contribution in [0.3, 0.4) is 0 Å². The Balaban J connectivity index is 2.09. The number of unbranched alkanes of at least 4 members (excludes halogenated alkanes) is 1. The number of hydrazone groups is 1. The van der Waals surface area contributed by atoms with Crippen molar-refractivity contribution < 1.29 is 9.59 Å². The second-order valence-electron chi connectivity index (χ2n) is 7.18.